The predicted octanol–water partition coefficient (Wildman–Crippen LogP) is 1.78. The smallest absolute Gasteiger partial charge is 0.317 e. The Morgan fingerprint density at radius 3 is 2.68 bits per heavy atom. The molecule has 0 radical (unpaired) electrons. The third kappa shape index (κ3) is 3.35. The summed E-state index contributed by atoms with van der Waals surface area (Å²) in [6.45, 7) is 4.99. The molecule has 1 saturated carbocycles. The van der Waals surface area contributed by atoms with Crippen LogP contribution in [0.5, 0.6) is 0 Å². The van der Waals surface area contributed by atoms with Crippen molar-refractivity contribution in [2.24, 2.45) is 5.92 Å². The fourth-order valence-electron chi connectivity index (χ4n) is 2.81. The standard InChI is InChI=1S/C13H22N2O3S/c1-8-9(2)19-6-5-15(8)13(18)14-11-4-3-10(7-11)12(16)17/h8-11H,3-7H2,1-2H3,(H,14,18)(H,16,17). The highest BCUT2D eigenvalue weighted by molar-refractivity contribution is 8.00. The Hall–Kier alpha value is -0.910. The van der Waals surface area contributed by atoms with Crippen LogP contribution in [0.15, 0.2) is 0 Å². The molecule has 2 amide bonds. The van der Waals surface area contributed by atoms with Crippen LogP contribution in [0.1, 0.15) is 33.1 Å². The lowest BCUT2D eigenvalue weighted by Crippen LogP contribution is -2.53. The first kappa shape index (κ1) is 14.5. The van der Waals surface area contributed by atoms with Gasteiger partial charge in [0.2, 0.25) is 0 Å². The Labute approximate surface area is 118 Å². The van der Waals surface area contributed by atoms with Crippen LogP contribution >= 0.6 is 11.8 Å². The Morgan fingerprint density at radius 1 is 1.32 bits per heavy atom. The third-order valence-corrected chi connectivity index (χ3v) is 5.59. The lowest BCUT2D eigenvalue weighted by atomic mass is 10.1. The summed E-state index contributed by atoms with van der Waals surface area (Å²) in [6, 6.07) is 0.219. The van der Waals surface area contributed by atoms with E-state index in [0.29, 0.717) is 18.1 Å². The van der Waals surface area contributed by atoms with E-state index in [1.54, 1.807) is 0 Å². The average molecular weight is 286 g/mol. The van der Waals surface area contributed by atoms with E-state index in [1.807, 2.05) is 16.7 Å². The fourth-order valence-corrected chi connectivity index (χ4v) is 3.91. The molecule has 2 N–H and O–H groups in total. The summed E-state index contributed by atoms with van der Waals surface area (Å²) in [7, 11) is 0. The van der Waals surface area contributed by atoms with Crippen molar-refractivity contribution >= 4 is 23.8 Å². The molecular weight excluding hydrogens is 264 g/mol. The molecule has 1 aliphatic carbocycles. The van der Waals surface area contributed by atoms with Gasteiger partial charge < -0.3 is 15.3 Å². The second-order valence-electron chi connectivity index (χ2n) is 5.50. The number of carbonyl (C=O) groups excluding carboxylic acids is 1. The van der Waals surface area contributed by atoms with Crippen LogP contribution in [0, 0.1) is 5.92 Å². The summed E-state index contributed by atoms with van der Waals surface area (Å²) in [5.74, 6) is -0.0619. The van der Waals surface area contributed by atoms with E-state index in [4.69, 9.17) is 5.11 Å². The monoisotopic (exact) mass is 286 g/mol. The van der Waals surface area contributed by atoms with Crippen LogP contribution in [0.4, 0.5) is 4.79 Å². The van der Waals surface area contributed by atoms with Crippen molar-refractivity contribution in [3.63, 3.8) is 0 Å². The first-order valence-electron chi connectivity index (χ1n) is 6.90. The number of carboxylic acid groups (broad SMARTS) is 1. The van der Waals surface area contributed by atoms with Gasteiger partial charge in [0.25, 0.3) is 0 Å². The molecule has 4 unspecified atom stereocenters. The molecule has 0 aromatic rings. The molecule has 0 spiro atoms. The fraction of sp³-hybridized carbons (Fsp3) is 0.846. The lowest BCUT2D eigenvalue weighted by Gasteiger charge is -2.38. The molecule has 1 aliphatic heterocycles. The molecule has 1 heterocycles. The quantitative estimate of drug-likeness (QED) is 0.812. The van der Waals surface area contributed by atoms with E-state index in [2.05, 4.69) is 19.2 Å². The molecule has 108 valence electrons. The van der Waals surface area contributed by atoms with Gasteiger partial charge in [-0.2, -0.15) is 11.8 Å². The molecule has 2 aliphatic rings. The van der Waals surface area contributed by atoms with Gasteiger partial charge in [-0.25, -0.2) is 4.79 Å². The van der Waals surface area contributed by atoms with Crippen LogP contribution in [-0.4, -0.2) is 51.6 Å². The zero-order chi connectivity index (χ0) is 14.0. The van der Waals surface area contributed by atoms with E-state index in [9.17, 15) is 9.59 Å². The van der Waals surface area contributed by atoms with Crippen LogP contribution in [0.25, 0.3) is 0 Å². The van der Waals surface area contributed by atoms with Crippen molar-refractivity contribution in [2.75, 3.05) is 12.3 Å². The Bertz CT molecular complexity index is 364. The van der Waals surface area contributed by atoms with Crippen molar-refractivity contribution < 1.29 is 14.7 Å². The number of thioether (sulfide) groups is 1. The highest BCUT2D eigenvalue weighted by Gasteiger charge is 2.34. The lowest BCUT2D eigenvalue weighted by molar-refractivity contribution is -0.141. The van der Waals surface area contributed by atoms with E-state index < -0.39 is 5.97 Å². The SMILES string of the molecule is CC1SCCN(C(=O)NC2CCC(C(=O)O)C2)C1C. The van der Waals surface area contributed by atoms with E-state index in [1.165, 1.54) is 0 Å². The van der Waals surface area contributed by atoms with Gasteiger partial charge in [0.15, 0.2) is 0 Å². The molecule has 0 bridgehead atoms. The summed E-state index contributed by atoms with van der Waals surface area (Å²) in [5.41, 5.74) is 0. The van der Waals surface area contributed by atoms with Gasteiger partial charge in [0.1, 0.15) is 0 Å². The highest BCUT2D eigenvalue weighted by Crippen LogP contribution is 2.27. The first-order chi connectivity index (χ1) is 8.99. The van der Waals surface area contributed by atoms with Gasteiger partial charge >= 0.3 is 12.0 Å². The van der Waals surface area contributed by atoms with Gasteiger partial charge in [0, 0.05) is 29.6 Å². The second kappa shape index (κ2) is 6.03. The zero-order valence-electron chi connectivity index (χ0n) is 11.5. The maximum atomic E-state index is 12.2. The normalized spacial score (nSPS) is 35.2. The molecule has 2 fully saturated rings. The van der Waals surface area contributed by atoms with Crippen molar-refractivity contribution in [2.45, 2.75) is 50.4 Å². The van der Waals surface area contributed by atoms with Gasteiger partial charge in [-0.05, 0) is 26.2 Å². The maximum absolute atomic E-state index is 12.2. The van der Waals surface area contributed by atoms with E-state index >= 15 is 0 Å². The largest absolute Gasteiger partial charge is 0.481 e. The summed E-state index contributed by atoms with van der Waals surface area (Å²) in [4.78, 5) is 25.0. The molecule has 5 nitrogen and oxygen atoms in total. The zero-order valence-corrected chi connectivity index (χ0v) is 12.3. The van der Waals surface area contributed by atoms with Gasteiger partial charge in [0.05, 0.1) is 5.92 Å². The van der Waals surface area contributed by atoms with Crippen LogP contribution < -0.4 is 5.32 Å². The Kier molecular flexibility index (Phi) is 4.60. The minimum absolute atomic E-state index is 0.0192. The van der Waals surface area contributed by atoms with Crippen LogP contribution in [-0.2, 0) is 4.79 Å². The molecule has 1 saturated heterocycles. The van der Waals surface area contributed by atoms with Gasteiger partial charge in [-0.3, -0.25) is 4.79 Å². The summed E-state index contributed by atoms with van der Waals surface area (Å²) in [6.07, 6.45) is 2.00. The number of hydrogen-bond donors (Lipinski definition) is 2. The number of carbonyl (C=O) groups is 2. The Balaban J connectivity index is 1.86. The number of nitrogens with one attached hydrogen (secondary N) is 1. The van der Waals surface area contributed by atoms with Crippen molar-refractivity contribution in [3.05, 3.63) is 0 Å². The summed E-state index contributed by atoms with van der Waals surface area (Å²) in [5, 5.41) is 12.4. The maximum Gasteiger partial charge on any atom is 0.317 e. The molecular formula is C13H22N2O3S. The number of carboxylic acids is 1. The highest BCUT2D eigenvalue weighted by atomic mass is 32.2. The topological polar surface area (TPSA) is 69.6 Å². The van der Waals surface area contributed by atoms with Gasteiger partial charge in [-0.15, -0.1) is 0 Å². The van der Waals surface area contributed by atoms with Crippen molar-refractivity contribution in [1.82, 2.24) is 10.2 Å². The van der Waals surface area contributed by atoms with Gasteiger partial charge in [-0.1, -0.05) is 6.92 Å². The van der Waals surface area contributed by atoms with Crippen molar-refractivity contribution in [3.8, 4) is 0 Å². The minimum Gasteiger partial charge on any atom is -0.481 e. The number of amides is 2. The predicted molar refractivity (Wildman–Crippen MR) is 75.4 cm³/mol. The molecule has 2 rings (SSSR count). The summed E-state index contributed by atoms with van der Waals surface area (Å²) >= 11 is 1.89. The molecule has 6 heteroatoms. The number of rotatable bonds is 2. The Morgan fingerprint density at radius 2 is 2.05 bits per heavy atom. The summed E-state index contributed by atoms with van der Waals surface area (Å²) < 4.78 is 0. The average Bonchev–Trinajstić information content (AvgIpc) is 2.81. The number of aliphatic carboxylic acids is 1. The number of nitrogens with zero attached hydrogens (tertiary/aromatic N) is 1. The molecule has 4 atom stereocenters. The van der Waals surface area contributed by atoms with Crippen molar-refractivity contribution in [1.29, 1.82) is 0 Å². The number of urea groups is 1. The van der Waals surface area contributed by atoms with E-state index in [-0.39, 0.29) is 24.0 Å². The molecule has 19 heavy (non-hydrogen) atoms. The van der Waals surface area contributed by atoms with Crippen LogP contribution in [0.3, 0.4) is 0 Å². The van der Waals surface area contributed by atoms with E-state index in [0.717, 1.165) is 18.7 Å². The third-order valence-electron chi connectivity index (χ3n) is 4.25. The minimum atomic E-state index is -0.742. The molecule has 0 aromatic carbocycles. The molecule has 0 aromatic heterocycles. The van der Waals surface area contributed by atoms with Crippen LogP contribution in [0.2, 0.25) is 0 Å². The number of hydrogen-bond acceptors (Lipinski definition) is 3. The second-order valence-corrected chi connectivity index (χ2v) is 6.99. The first-order valence-corrected chi connectivity index (χ1v) is 7.95.